The van der Waals surface area contributed by atoms with Crippen molar-refractivity contribution in [3.05, 3.63) is 90.3 Å². The summed E-state index contributed by atoms with van der Waals surface area (Å²) in [4.78, 5) is 17.2. The third-order valence-electron chi connectivity index (χ3n) is 7.00. The molecule has 1 aromatic carbocycles. The molecule has 5 rings (SSSR count). The Morgan fingerprint density at radius 3 is 2.48 bits per heavy atom. The summed E-state index contributed by atoms with van der Waals surface area (Å²) in [6, 6.07) is 14.1. The van der Waals surface area contributed by atoms with Crippen LogP contribution >= 0.6 is 0 Å². The summed E-state index contributed by atoms with van der Waals surface area (Å²) in [5.41, 5.74) is 1.89. The normalized spacial score (nSPS) is 12.9. The average molecular weight is 636 g/mol. The molecular formula is C31H34FN5O5SSi. The van der Waals surface area contributed by atoms with Gasteiger partial charge in [-0.1, -0.05) is 32.6 Å². The highest BCUT2D eigenvalue weighted by Crippen LogP contribution is 2.37. The van der Waals surface area contributed by atoms with Gasteiger partial charge in [-0.3, -0.25) is 14.5 Å². The summed E-state index contributed by atoms with van der Waals surface area (Å²) in [6.45, 7) is 9.08. The maximum atomic E-state index is 14.8. The van der Waals surface area contributed by atoms with Gasteiger partial charge in [0.05, 0.1) is 29.2 Å². The summed E-state index contributed by atoms with van der Waals surface area (Å²) >= 11 is 0. The average Bonchev–Trinajstić information content (AvgIpc) is 3.37. The van der Waals surface area contributed by atoms with Crippen molar-refractivity contribution in [1.82, 2.24) is 24.5 Å². The van der Waals surface area contributed by atoms with Crippen molar-refractivity contribution >= 4 is 28.9 Å². The molecule has 230 valence electrons. The first kappa shape index (κ1) is 31.4. The van der Waals surface area contributed by atoms with Gasteiger partial charge in [0.1, 0.15) is 35.8 Å². The smallest absolute Gasteiger partial charge is 0.195 e. The molecule has 4 aromatic heterocycles. The van der Waals surface area contributed by atoms with E-state index in [2.05, 4.69) is 34.6 Å². The predicted molar refractivity (Wildman–Crippen MR) is 167 cm³/mol. The number of imidazole rings is 1. The Morgan fingerprint density at radius 1 is 1.00 bits per heavy atom. The largest absolute Gasteiger partial charge is 0.456 e. The quantitative estimate of drug-likeness (QED) is 0.129. The van der Waals surface area contributed by atoms with Gasteiger partial charge < -0.3 is 14.6 Å². The minimum Gasteiger partial charge on any atom is -0.456 e. The van der Waals surface area contributed by atoms with E-state index < -0.39 is 29.8 Å². The van der Waals surface area contributed by atoms with E-state index in [0.717, 1.165) is 12.2 Å². The number of sulfone groups is 1. The van der Waals surface area contributed by atoms with E-state index >= 15 is 0 Å². The second-order valence-corrected chi connectivity index (χ2v) is 19.3. The van der Waals surface area contributed by atoms with Crippen LogP contribution in [0.15, 0.2) is 78.3 Å². The molecule has 0 aliphatic rings. The molecule has 0 bridgehead atoms. The van der Waals surface area contributed by atoms with Crippen molar-refractivity contribution in [3.8, 4) is 23.0 Å². The summed E-state index contributed by atoms with van der Waals surface area (Å²) in [7, 11) is -4.84. The second kappa shape index (κ2) is 12.9. The van der Waals surface area contributed by atoms with Gasteiger partial charge in [-0.05, 0) is 42.4 Å². The number of rotatable bonds is 12. The zero-order chi connectivity index (χ0) is 31.5. The van der Waals surface area contributed by atoms with Crippen molar-refractivity contribution < 1.29 is 27.4 Å². The Hall–Kier alpha value is -4.04. The van der Waals surface area contributed by atoms with Crippen molar-refractivity contribution in [2.24, 2.45) is 0 Å². The summed E-state index contributed by atoms with van der Waals surface area (Å²) in [6.07, 6.45) is 4.02. The lowest BCUT2D eigenvalue weighted by molar-refractivity contribution is 0.0909. The number of hydrogen-bond acceptors (Lipinski definition) is 9. The fourth-order valence-corrected chi connectivity index (χ4v) is 6.06. The number of halogens is 1. The third kappa shape index (κ3) is 7.02. The topological polar surface area (TPSA) is 129 Å². The number of benzene rings is 1. The Kier molecular flexibility index (Phi) is 9.20. The van der Waals surface area contributed by atoms with Crippen LogP contribution in [-0.2, 0) is 21.3 Å². The van der Waals surface area contributed by atoms with E-state index in [1.54, 1.807) is 31.3 Å². The Bertz CT molecular complexity index is 1860. The van der Waals surface area contributed by atoms with Crippen LogP contribution in [0.3, 0.4) is 0 Å². The molecule has 0 aliphatic carbocycles. The number of hydrogen-bond donors (Lipinski definition) is 1. The Labute approximate surface area is 256 Å². The molecule has 0 saturated heterocycles. The molecule has 13 heteroatoms. The van der Waals surface area contributed by atoms with Crippen LogP contribution in [-0.4, -0.2) is 58.5 Å². The zero-order valence-corrected chi connectivity index (χ0v) is 26.8. The standard InChI is InChI=1S/C31H34FN5O5SSi/c1-5-43(39,40)28-10-9-21(18-35-28)42-22-16-24(30(38)23-11-13-33-19-25(23)32)29-27(17-22)37(20-41-14-15-44(2,3)4)31(36-29)26-8-6-7-12-34-26/h6-13,16-19,30,38H,5,14-15,20H2,1-4H3. The maximum Gasteiger partial charge on any atom is 0.195 e. The van der Waals surface area contributed by atoms with Gasteiger partial charge in [-0.15, -0.1) is 0 Å². The van der Waals surface area contributed by atoms with E-state index in [9.17, 15) is 17.9 Å². The van der Waals surface area contributed by atoms with Crippen molar-refractivity contribution in [2.75, 3.05) is 12.4 Å². The molecule has 1 unspecified atom stereocenters. The highest BCUT2D eigenvalue weighted by Gasteiger charge is 2.25. The highest BCUT2D eigenvalue weighted by molar-refractivity contribution is 7.91. The minimum atomic E-state index is -3.49. The lowest BCUT2D eigenvalue weighted by Gasteiger charge is -2.17. The maximum absolute atomic E-state index is 14.8. The number of ether oxygens (including phenoxy) is 2. The van der Waals surface area contributed by atoms with Crippen LogP contribution in [0, 0.1) is 5.82 Å². The lowest BCUT2D eigenvalue weighted by atomic mass is 10.0. The molecule has 0 fully saturated rings. The molecule has 0 aliphatic heterocycles. The number of nitrogens with zero attached hydrogens (tertiary/aromatic N) is 5. The first-order valence-corrected chi connectivity index (χ1v) is 19.5. The Morgan fingerprint density at radius 2 is 1.82 bits per heavy atom. The molecule has 0 amide bonds. The van der Waals surface area contributed by atoms with Crippen molar-refractivity contribution in [1.29, 1.82) is 0 Å². The van der Waals surface area contributed by atoms with Crippen molar-refractivity contribution in [2.45, 2.75) is 50.5 Å². The molecule has 1 atom stereocenters. The van der Waals surface area contributed by atoms with Gasteiger partial charge in [0, 0.05) is 44.3 Å². The number of fused-ring (bicyclic) bond motifs is 1. The van der Waals surface area contributed by atoms with Crippen LogP contribution in [0.25, 0.3) is 22.6 Å². The van der Waals surface area contributed by atoms with E-state index in [-0.39, 0.29) is 28.8 Å². The first-order chi connectivity index (χ1) is 21.0. The number of aliphatic hydroxyl groups excluding tert-OH is 1. The van der Waals surface area contributed by atoms with Gasteiger partial charge in [0.15, 0.2) is 20.7 Å². The molecule has 1 N–H and O–H groups in total. The number of aliphatic hydroxyl groups is 1. The summed E-state index contributed by atoms with van der Waals surface area (Å²) in [5.74, 6) is 0.328. The fraction of sp³-hybridized carbons (Fsp3) is 0.290. The van der Waals surface area contributed by atoms with Gasteiger partial charge in [-0.25, -0.2) is 22.8 Å². The van der Waals surface area contributed by atoms with Crippen LogP contribution in [0.1, 0.15) is 24.2 Å². The van der Waals surface area contributed by atoms with Crippen LogP contribution < -0.4 is 4.74 Å². The van der Waals surface area contributed by atoms with Gasteiger partial charge in [0.2, 0.25) is 0 Å². The van der Waals surface area contributed by atoms with E-state index in [0.29, 0.717) is 40.5 Å². The SMILES string of the molecule is CCS(=O)(=O)c1ccc(Oc2cc(C(O)c3ccncc3F)c3nc(-c4ccccn4)n(COCC[Si](C)(C)C)c3c2)cn1. The molecule has 0 radical (unpaired) electrons. The predicted octanol–water partition coefficient (Wildman–Crippen LogP) is 6.01. The summed E-state index contributed by atoms with van der Waals surface area (Å²) < 4.78 is 53.4. The molecule has 44 heavy (non-hydrogen) atoms. The van der Waals surface area contributed by atoms with E-state index in [1.165, 1.54) is 30.6 Å². The van der Waals surface area contributed by atoms with E-state index in [1.807, 2.05) is 16.7 Å². The highest BCUT2D eigenvalue weighted by atomic mass is 32.2. The molecule has 10 nitrogen and oxygen atoms in total. The van der Waals surface area contributed by atoms with E-state index in [4.69, 9.17) is 14.5 Å². The minimum absolute atomic E-state index is 0.0227. The van der Waals surface area contributed by atoms with Gasteiger partial charge in [-0.2, -0.15) is 0 Å². The van der Waals surface area contributed by atoms with Crippen molar-refractivity contribution in [3.63, 3.8) is 0 Å². The molecule has 5 aromatic rings. The first-order valence-electron chi connectivity index (χ1n) is 14.1. The molecule has 0 spiro atoms. The Balaban J connectivity index is 1.64. The van der Waals surface area contributed by atoms with Crippen LogP contribution in [0.2, 0.25) is 25.7 Å². The monoisotopic (exact) mass is 635 g/mol. The second-order valence-electron chi connectivity index (χ2n) is 11.4. The number of aromatic nitrogens is 5. The van der Waals surface area contributed by atoms with Gasteiger partial charge in [0.25, 0.3) is 0 Å². The van der Waals surface area contributed by atoms with Gasteiger partial charge >= 0.3 is 0 Å². The van der Waals surface area contributed by atoms with Crippen LogP contribution in [0.5, 0.6) is 11.5 Å². The molecule has 4 heterocycles. The lowest BCUT2D eigenvalue weighted by Crippen LogP contribution is -2.22. The fourth-order valence-electron chi connectivity index (χ4n) is 4.52. The number of pyridine rings is 3. The summed E-state index contributed by atoms with van der Waals surface area (Å²) in [5, 5.41) is 11.4. The third-order valence-corrected chi connectivity index (χ3v) is 10.3. The molecule has 0 saturated carbocycles. The molecular weight excluding hydrogens is 602 g/mol. The zero-order valence-electron chi connectivity index (χ0n) is 24.9. The van der Waals surface area contributed by atoms with Crippen LogP contribution in [0.4, 0.5) is 4.39 Å².